The van der Waals surface area contributed by atoms with E-state index in [1.165, 1.54) is 0 Å². The van der Waals surface area contributed by atoms with E-state index >= 15 is 0 Å². The van der Waals surface area contributed by atoms with E-state index in [1.54, 1.807) is 12.4 Å². The molecule has 1 aromatic carbocycles. The summed E-state index contributed by atoms with van der Waals surface area (Å²) in [4.78, 5) is 8.62. The summed E-state index contributed by atoms with van der Waals surface area (Å²) in [5.41, 5.74) is 7.45. The number of hydrogen-bond acceptors (Lipinski definition) is 3. The molecule has 0 radical (unpaired) electrons. The topological polar surface area (TPSA) is 51.8 Å². The maximum absolute atomic E-state index is 5.93. The first kappa shape index (κ1) is 12.5. The molecule has 0 amide bonds. The van der Waals surface area contributed by atoms with Crippen LogP contribution in [-0.2, 0) is 6.42 Å². The second-order valence-electron chi connectivity index (χ2n) is 3.58. The van der Waals surface area contributed by atoms with Gasteiger partial charge in [-0.15, -0.1) is 0 Å². The first-order valence-corrected chi connectivity index (χ1v) is 6.34. The van der Waals surface area contributed by atoms with E-state index < -0.39 is 0 Å². The summed E-state index contributed by atoms with van der Waals surface area (Å²) in [6.45, 7) is 0.606. The number of benzene rings is 1. The maximum atomic E-state index is 5.93. The molecule has 0 saturated heterocycles. The number of rotatable bonds is 3. The Morgan fingerprint density at radius 3 is 2.53 bits per heavy atom. The van der Waals surface area contributed by atoms with E-state index in [0.717, 1.165) is 22.0 Å². The van der Waals surface area contributed by atoms with Gasteiger partial charge in [-0.25, -0.2) is 9.97 Å². The fourth-order valence-corrected chi connectivity index (χ4v) is 1.93. The maximum Gasteiger partial charge on any atom is 0.159 e. The molecule has 0 aliphatic carbocycles. The van der Waals surface area contributed by atoms with Crippen LogP contribution in [0.5, 0.6) is 0 Å². The second-order valence-corrected chi connectivity index (χ2v) is 4.84. The van der Waals surface area contributed by atoms with E-state index in [-0.39, 0.29) is 0 Å². The Morgan fingerprint density at radius 2 is 1.94 bits per heavy atom. The zero-order valence-electron chi connectivity index (χ0n) is 9.03. The van der Waals surface area contributed by atoms with Crippen LogP contribution in [0.1, 0.15) is 5.56 Å². The molecule has 0 bridgehead atoms. The van der Waals surface area contributed by atoms with Gasteiger partial charge in [-0.05, 0) is 52.7 Å². The van der Waals surface area contributed by atoms with Gasteiger partial charge >= 0.3 is 0 Å². The third kappa shape index (κ3) is 3.03. The third-order valence-electron chi connectivity index (χ3n) is 2.32. The van der Waals surface area contributed by atoms with Crippen molar-refractivity contribution in [1.82, 2.24) is 9.97 Å². The molecule has 1 aromatic heterocycles. The number of nitrogens with two attached hydrogens (primary N) is 1. The van der Waals surface area contributed by atoms with Crippen molar-refractivity contribution in [3.8, 4) is 11.4 Å². The zero-order chi connectivity index (χ0) is 12.3. The molecule has 1 heterocycles. The van der Waals surface area contributed by atoms with Crippen LogP contribution in [0.25, 0.3) is 11.4 Å². The standard InChI is InChI=1S/C12H11BrClN3/c13-10-5-9(1-2-11(10)14)12-16-6-8(3-4-15)7-17-12/h1-2,5-7H,3-4,15H2. The Labute approximate surface area is 113 Å². The minimum Gasteiger partial charge on any atom is -0.330 e. The summed E-state index contributed by atoms with van der Waals surface area (Å²) in [6, 6.07) is 5.61. The molecular formula is C12H11BrClN3. The van der Waals surface area contributed by atoms with Gasteiger partial charge in [0.05, 0.1) is 5.02 Å². The number of nitrogens with zero attached hydrogens (tertiary/aromatic N) is 2. The Bertz CT molecular complexity index is 514. The Kier molecular flexibility index (Phi) is 4.10. The monoisotopic (exact) mass is 311 g/mol. The largest absolute Gasteiger partial charge is 0.330 e. The van der Waals surface area contributed by atoms with Crippen LogP contribution in [-0.4, -0.2) is 16.5 Å². The van der Waals surface area contributed by atoms with Gasteiger partial charge in [0.15, 0.2) is 5.82 Å². The summed E-state index contributed by atoms with van der Waals surface area (Å²) in [7, 11) is 0. The van der Waals surface area contributed by atoms with E-state index in [9.17, 15) is 0 Å². The zero-order valence-corrected chi connectivity index (χ0v) is 11.4. The second kappa shape index (κ2) is 5.58. The Morgan fingerprint density at radius 1 is 1.24 bits per heavy atom. The predicted molar refractivity (Wildman–Crippen MR) is 72.9 cm³/mol. The molecule has 0 saturated carbocycles. The van der Waals surface area contributed by atoms with E-state index in [0.29, 0.717) is 17.4 Å². The van der Waals surface area contributed by atoms with Gasteiger partial charge in [-0.3, -0.25) is 0 Å². The van der Waals surface area contributed by atoms with Gasteiger partial charge in [0.2, 0.25) is 0 Å². The highest BCUT2D eigenvalue weighted by Gasteiger charge is 2.04. The first-order chi connectivity index (χ1) is 8.20. The summed E-state index contributed by atoms with van der Waals surface area (Å²) in [5, 5.41) is 0.675. The highest BCUT2D eigenvalue weighted by atomic mass is 79.9. The molecular weight excluding hydrogens is 302 g/mol. The molecule has 0 atom stereocenters. The van der Waals surface area contributed by atoms with Crippen LogP contribution >= 0.6 is 27.5 Å². The lowest BCUT2D eigenvalue weighted by molar-refractivity contribution is 0.943. The van der Waals surface area contributed by atoms with Gasteiger partial charge in [-0.1, -0.05) is 11.6 Å². The van der Waals surface area contributed by atoms with Crippen LogP contribution in [0.2, 0.25) is 5.02 Å². The highest BCUT2D eigenvalue weighted by molar-refractivity contribution is 9.10. The lowest BCUT2D eigenvalue weighted by atomic mass is 10.2. The van der Waals surface area contributed by atoms with E-state index in [4.69, 9.17) is 17.3 Å². The summed E-state index contributed by atoms with van der Waals surface area (Å²) >= 11 is 9.31. The van der Waals surface area contributed by atoms with Crippen LogP contribution in [0.15, 0.2) is 35.1 Å². The van der Waals surface area contributed by atoms with Gasteiger partial charge in [-0.2, -0.15) is 0 Å². The molecule has 0 unspecified atom stereocenters. The lowest BCUT2D eigenvalue weighted by Crippen LogP contribution is -2.03. The van der Waals surface area contributed by atoms with E-state index in [2.05, 4.69) is 25.9 Å². The Balaban J connectivity index is 2.30. The molecule has 3 nitrogen and oxygen atoms in total. The van der Waals surface area contributed by atoms with Crippen molar-refractivity contribution in [2.45, 2.75) is 6.42 Å². The normalized spacial score (nSPS) is 10.5. The van der Waals surface area contributed by atoms with Crippen LogP contribution in [0, 0.1) is 0 Å². The van der Waals surface area contributed by atoms with Crippen LogP contribution < -0.4 is 5.73 Å². The summed E-state index contributed by atoms with van der Waals surface area (Å²) in [5.74, 6) is 0.683. The number of halogens is 2. The molecule has 5 heteroatoms. The summed E-state index contributed by atoms with van der Waals surface area (Å²) < 4.78 is 0.839. The summed E-state index contributed by atoms with van der Waals surface area (Å²) in [6.07, 6.45) is 4.40. The van der Waals surface area contributed by atoms with Crippen molar-refractivity contribution in [2.75, 3.05) is 6.54 Å². The molecule has 0 fully saturated rings. The van der Waals surface area contributed by atoms with Crippen molar-refractivity contribution in [1.29, 1.82) is 0 Å². The molecule has 17 heavy (non-hydrogen) atoms. The first-order valence-electron chi connectivity index (χ1n) is 5.17. The van der Waals surface area contributed by atoms with Gasteiger partial charge in [0.25, 0.3) is 0 Å². The number of aromatic nitrogens is 2. The fourth-order valence-electron chi connectivity index (χ4n) is 1.43. The van der Waals surface area contributed by atoms with Crippen molar-refractivity contribution in [3.05, 3.63) is 45.7 Å². The Hall–Kier alpha value is -0.970. The molecule has 0 aliphatic heterocycles. The number of hydrogen-bond donors (Lipinski definition) is 1. The fraction of sp³-hybridized carbons (Fsp3) is 0.167. The average Bonchev–Trinajstić information content (AvgIpc) is 2.34. The average molecular weight is 313 g/mol. The van der Waals surface area contributed by atoms with Crippen molar-refractivity contribution < 1.29 is 0 Å². The lowest BCUT2D eigenvalue weighted by Gasteiger charge is -2.03. The predicted octanol–water partition coefficient (Wildman–Crippen LogP) is 3.06. The molecule has 0 aliphatic rings. The molecule has 2 rings (SSSR count). The minimum absolute atomic E-state index is 0.606. The van der Waals surface area contributed by atoms with Crippen molar-refractivity contribution in [2.24, 2.45) is 5.73 Å². The van der Waals surface area contributed by atoms with Gasteiger partial charge < -0.3 is 5.73 Å². The SMILES string of the molecule is NCCc1cnc(-c2ccc(Cl)c(Br)c2)nc1. The van der Waals surface area contributed by atoms with E-state index in [1.807, 2.05) is 18.2 Å². The van der Waals surface area contributed by atoms with Crippen LogP contribution in [0.3, 0.4) is 0 Å². The molecule has 2 aromatic rings. The van der Waals surface area contributed by atoms with Gasteiger partial charge in [0, 0.05) is 22.4 Å². The molecule has 0 spiro atoms. The highest BCUT2D eigenvalue weighted by Crippen LogP contribution is 2.26. The minimum atomic E-state index is 0.606. The van der Waals surface area contributed by atoms with Gasteiger partial charge in [0.1, 0.15) is 0 Å². The quantitative estimate of drug-likeness (QED) is 0.947. The molecule has 2 N–H and O–H groups in total. The van der Waals surface area contributed by atoms with Crippen molar-refractivity contribution in [3.63, 3.8) is 0 Å². The third-order valence-corrected chi connectivity index (χ3v) is 3.53. The molecule has 88 valence electrons. The smallest absolute Gasteiger partial charge is 0.159 e. The van der Waals surface area contributed by atoms with Crippen LogP contribution in [0.4, 0.5) is 0 Å². The van der Waals surface area contributed by atoms with Crippen molar-refractivity contribution >= 4 is 27.5 Å².